The molecular formula is C20H22F3N3O4S. The predicted octanol–water partition coefficient (Wildman–Crippen LogP) is 3.80. The molecule has 2 aromatic heterocycles. The Morgan fingerprint density at radius 2 is 1.84 bits per heavy atom. The van der Waals surface area contributed by atoms with Crippen LogP contribution in [0.4, 0.5) is 13.2 Å². The Hall–Kier alpha value is -2.50. The van der Waals surface area contributed by atoms with E-state index in [4.69, 9.17) is 14.2 Å². The van der Waals surface area contributed by atoms with E-state index in [0.29, 0.717) is 54.1 Å². The molecule has 0 saturated carbocycles. The zero-order chi connectivity index (χ0) is 22.3. The molecule has 0 fully saturated rings. The summed E-state index contributed by atoms with van der Waals surface area (Å²) in [5, 5.41) is 0.453. The van der Waals surface area contributed by atoms with Crippen molar-refractivity contribution in [2.45, 2.75) is 18.3 Å². The first kappa shape index (κ1) is 23.2. The lowest BCUT2D eigenvalue weighted by Gasteiger charge is -2.13. The summed E-state index contributed by atoms with van der Waals surface area (Å²) in [4.78, 5) is 20.4. The summed E-state index contributed by atoms with van der Waals surface area (Å²) in [5.41, 5.74) is 1.03. The van der Waals surface area contributed by atoms with Gasteiger partial charge in [0.1, 0.15) is 11.3 Å². The molecule has 3 rings (SSSR count). The van der Waals surface area contributed by atoms with E-state index in [2.05, 4.69) is 9.97 Å². The minimum atomic E-state index is -4.42. The molecule has 0 aliphatic carbocycles. The summed E-state index contributed by atoms with van der Waals surface area (Å²) in [6, 6.07) is 7.52. The molecule has 0 spiro atoms. The topological polar surface area (TPSA) is 78.4 Å². The molecule has 11 heteroatoms. The fraction of sp³-hybridized carbons (Fsp3) is 0.400. The van der Waals surface area contributed by atoms with Gasteiger partial charge in [0.25, 0.3) is 5.56 Å². The van der Waals surface area contributed by atoms with Gasteiger partial charge in [-0.15, -0.1) is 0 Å². The van der Waals surface area contributed by atoms with E-state index in [1.807, 2.05) is 6.92 Å². The third-order valence-corrected chi connectivity index (χ3v) is 4.98. The van der Waals surface area contributed by atoms with Crippen LogP contribution in [0.5, 0.6) is 5.75 Å². The summed E-state index contributed by atoms with van der Waals surface area (Å²) in [5.74, 6) is 0.612. The smallest absolute Gasteiger partial charge is 0.422 e. The third-order valence-electron chi connectivity index (χ3n) is 4.08. The molecule has 1 aromatic carbocycles. The highest BCUT2D eigenvalue weighted by Gasteiger charge is 2.28. The molecule has 0 atom stereocenters. The summed E-state index contributed by atoms with van der Waals surface area (Å²) < 4.78 is 53.9. The van der Waals surface area contributed by atoms with Crippen LogP contribution in [0.25, 0.3) is 16.7 Å². The van der Waals surface area contributed by atoms with E-state index < -0.39 is 12.8 Å². The zero-order valence-corrected chi connectivity index (χ0v) is 17.6. The van der Waals surface area contributed by atoms with Crippen LogP contribution in [0.3, 0.4) is 0 Å². The predicted molar refractivity (Wildman–Crippen MR) is 111 cm³/mol. The first-order valence-electron chi connectivity index (χ1n) is 9.57. The van der Waals surface area contributed by atoms with Gasteiger partial charge in [-0.25, -0.2) is 4.98 Å². The summed E-state index contributed by atoms with van der Waals surface area (Å²) in [6.45, 7) is 2.60. The van der Waals surface area contributed by atoms with Crippen molar-refractivity contribution in [2.75, 3.05) is 38.8 Å². The van der Waals surface area contributed by atoms with Crippen molar-refractivity contribution >= 4 is 22.8 Å². The number of fused-ring (bicyclic) bond motifs is 1. The number of rotatable bonds is 11. The molecule has 31 heavy (non-hydrogen) atoms. The Labute approximate surface area is 180 Å². The minimum absolute atomic E-state index is 0.0555. The number of aromatic nitrogens is 3. The van der Waals surface area contributed by atoms with Gasteiger partial charge < -0.3 is 19.2 Å². The van der Waals surface area contributed by atoms with Crippen molar-refractivity contribution in [3.8, 4) is 11.4 Å². The van der Waals surface area contributed by atoms with Crippen molar-refractivity contribution < 1.29 is 27.4 Å². The number of hydrogen-bond acceptors (Lipinski definition) is 6. The molecule has 168 valence electrons. The molecule has 0 saturated heterocycles. The van der Waals surface area contributed by atoms with E-state index in [0.717, 1.165) is 0 Å². The van der Waals surface area contributed by atoms with Crippen LogP contribution < -0.4 is 10.3 Å². The van der Waals surface area contributed by atoms with Crippen molar-refractivity contribution in [2.24, 2.45) is 0 Å². The summed E-state index contributed by atoms with van der Waals surface area (Å²) >= 11 is 1.35. The number of benzene rings is 1. The van der Waals surface area contributed by atoms with Gasteiger partial charge in [0.05, 0.1) is 31.0 Å². The number of ether oxygens (including phenoxy) is 3. The van der Waals surface area contributed by atoms with Crippen LogP contribution >= 0.6 is 11.8 Å². The highest BCUT2D eigenvalue weighted by molar-refractivity contribution is 7.99. The molecule has 0 radical (unpaired) electrons. The second kappa shape index (κ2) is 10.7. The van der Waals surface area contributed by atoms with E-state index in [-0.39, 0.29) is 11.3 Å². The molecule has 1 N–H and O–H groups in total. The fourth-order valence-electron chi connectivity index (χ4n) is 2.71. The molecule has 3 aromatic rings. The van der Waals surface area contributed by atoms with Crippen molar-refractivity contribution in [3.63, 3.8) is 0 Å². The third kappa shape index (κ3) is 6.49. The van der Waals surface area contributed by atoms with Gasteiger partial charge in [-0.1, -0.05) is 11.8 Å². The van der Waals surface area contributed by atoms with Gasteiger partial charge in [-0.05, 0) is 37.3 Å². The van der Waals surface area contributed by atoms with Crippen LogP contribution in [-0.4, -0.2) is 59.5 Å². The van der Waals surface area contributed by atoms with Crippen molar-refractivity contribution in [1.82, 2.24) is 14.5 Å². The van der Waals surface area contributed by atoms with Crippen LogP contribution in [0, 0.1) is 0 Å². The monoisotopic (exact) mass is 457 g/mol. The van der Waals surface area contributed by atoms with Crippen molar-refractivity contribution in [3.05, 3.63) is 46.9 Å². The number of alkyl halides is 3. The van der Waals surface area contributed by atoms with E-state index in [1.54, 1.807) is 12.3 Å². The quantitative estimate of drug-likeness (QED) is 0.268. The van der Waals surface area contributed by atoms with E-state index in [9.17, 15) is 18.0 Å². The normalized spacial score (nSPS) is 11.9. The number of hydrogen-bond donors (Lipinski definition) is 1. The lowest BCUT2D eigenvalue weighted by molar-refractivity contribution is -0.153. The zero-order valence-electron chi connectivity index (χ0n) is 16.8. The lowest BCUT2D eigenvalue weighted by Crippen LogP contribution is -2.22. The molecule has 7 nitrogen and oxygen atoms in total. The Morgan fingerprint density at radius 3 is 2.55 bits per heavy atom. The average molecular weight is 457 g/mol. The Bertz CT molecular complexity index is 1030. The average Bonchev–Trinajstić information content (AvgIpc) is 3.21. The largest absolute Gasteiger partial charge is 0.484 e. The van der Waals surface area contributed by atoms with Gasteiger partial charge in [-0.3, -0.25) is 9.36 Å². The molecular weight excluding hydrogens is 435 g/mol. The van der Waals surface area contributed by atoms with Crippen LogP contribution in [0.1, 0.15) is 6.92 Å². The summed E-state index contributed by atoms with van der Waals surface area (Å²) in [7, 11) is 0. The molecule has 0 aliphatic rings. The second-order valence-electron chi connectivity index (χ2n) is 6.33. The standard InChI is InChI=1S/C20H22F3N3O4S/c1-2-28-9-10-29-11-12-31-19-25-16-7-8-24-17(16)18(27)26(19)14-3-5-15(6-4-14)30-13-20(21,22)23/h3-8,24H,2,9-13H2,1H3. The SMILES string of the molecule is CCOCCOCCSc1nc2cc[nH]c2c(=O)n1-c1ccc(OCC(F)(F)F)cc1. The molecule has 2 heterocycles. The number of halogens is 3. The number of H-pyrrole nitrogens is 1. The maximum Gasteiger partial charge on any atom is 0.422 e. The number of thioether (sulfide) groups is 1. The Morgan fingerprint density at radius 1 is 1.10 bits per heavy atom. The van der Waals surface area contributed by atoms with Gasteiger partial charge in [0.15, 0.2) is 11.8 Å². The summed E-state index contributed by atoms with van der Waals surface area (Å²) in [6.07, 6.45) is -2.80. The highest BCUT2D eigenvalue weighted by Crippen LogP contribution is 2.23. The Kier molecular flexibility index (Phi) is 7.99. The van der Waals surface area contributed by atoms with Gasteiger partial charge in [0.2, 0.25) is 0 Å². The van der Waals surface area contributed by atoms with Gasteiger partial charge in [0, 0.05) is 18.6 Å². The maximum absolute atomic E-state index is 13.0. The van der Waals surface area contributed by atoms with E-state index >= 15 is 0 Å². The molecule has 0 aliphatic heterocycles. The van der Waals surface area contributed by atoms with Gasteiger partial charge >= 0.3 is 6.18 Å². The first-order chi connectivity index (χ1) is 14.9. The van der Waals surface area contributed by atoms with E-state index in [1.165, 1.54) is 40.6 Å². The van der Waals surface area contributed by atoms with Crippen molar-refractivity contribution in [1.29, 1.82) is 0 Å². The van der Waals surface area contributed by atoms with Gasteiger partial charge in [-0.2, -0.15) is 13.2 Å². The van der Waals surface area contributed by atoms with Crippen LogP contribution in [0.15, 0.2) is 46.5 Å². The Balaban J connectivity index is 1.77. The fourth-order valence-corrected chi connectivity index (χ4v) is 3.58. The molecule has 0 amide bonds. The highest BCUT2D eigenvalue weighted by atomic mass is 32.2. The number of aromatic amines is 1. The van der Waals surface area contributed by atoms with Crippen LogP contribution in [-0.2, 0) is 9.47 Å². The lowest BCUT2D eigenvalue weighted by atomic mass is 10.3. The minimum Gasteiger partial charge on any atom is -0.484 e. The maximum atomic E-state index is 13.0. The molecule has 0 bridgehead atoms. The number of nitrogens with zero attached hydrogens (tertiary/aromatic N) is 2. The molecule has 0 unspecified atom stereocenters. The first-order valence-corrected chi connectivity index (χ1v) is 10.6. The second-order valence-corrected chi connectivity index (χ2v) is 7.39. The number of nitrogens with one attached hydrogen (secondary N) is 1. The van der Waals surface area contributed by atoms with Crippen LogP contribution in [0.2, 0.25) is 0 Å².